The Morgan fingerprint density at radius 1 is 0.266 bits per heavy atom. The number of carbonyl (C=O) groups excluding carboxylic acids is 3. The molecule has 0 saturated heterocycles. The average Bonchev–Trinajstić information content (AvgIpc) is 3.45. The van der Waals surface area contributed by atoms with E-state index in [2.05, 4.69) is 136 Å². The number of ether oxygens (including phenoxy) is 3. The Hall–Kier alpha value is -4.19. The van der Waals surface area contributed by atoms with Crippen molar-refractivity contribution in [2.75, 3.05) is 13.2 Å². The lowest BCUT2D eigenvalue weighted by molar-refractivity contribution is -0.166. The minimum Gasteiger partial charge on any atom is -0.462 e. The molecule has 0 aromatic carbocycles. The summed E-state index contributed by atoms with van der Waals surface area (Å²) in [5.74, 6) is -0.984. The van der Waals surface area contributed by atoms with Crippen LogP contribution in [0, 0.1) is 0 Å². The molecule has 0 N–H and O–H groups in total. The van der Waals surface area contributed by atoms with E-state index in [0.29, 0.717) is 19.3 Å². The van der Waals surface area contributed by atoms with E-state index in [-0.39, 0.29) is 37.5 Å². The number of carbonyl (C=O) groups is 3. The van der Waals surface area contributed by atoms with Gasteiger partial charge in [-0.1, -0.05) is 309 Å². The number of unbranched alkanes of at least 4 members (excludes halogenated alkanes) is 28. The molecule has 0 aromatic rings. The Balaban J connectivity index is 4.25. The van der Waals surface area contributed by atoms with Crippen LogP contribution >= 0.6 is 0 Å². The number of hydrogen-bond acceptors (Lipinski definition) is 6. The molecule has 79 heavy (non-hydrogen) atoms. The average molecular weight is 1100 g/mol. The molecule has 450 valence electrons. The first-order valence-corrected chi connectivity index (χ1v) is 33.0. The van der Waals surface area contributed by atoms with Gasteiger partial charge in [0.25, 0.3) is 0 Å². The van der Waals surface area contributed by atoms with Crippen molar-refractivity contribution in [1.29, 1.82) is 0 Å². The third-order valence-corrected chi connectivity index (χ3v) is 14.0. The molecule has 0 aliphatic heterocycles. The number of hydrogen-bond donors (Lipinski definition) is 0. The van der Waals surface area contributed by atoms with Gasteiger partial charge in [-0.05, 0) is 96.3 Å². The van der Waals surface area contributed by atoms with E-state index in [0.717, 1.165) is 103 Å². The summed E-state index contributed by atoms with van der Waals surface area (Å²) < 4.78 is 16.8. The predicted molar refractivity (Wildman–Crippen MR) is 343 cm³/mol. The molecule has 6 heteroatoms. The Morgan fingerprint density at radius 2 is 0.519 bits per heavy atom. The first-order chi connectivity index (χ1) is 39.0. The van der Waals surface area contributed by atoms with Gasteiger partial charge in [0.15, 0.2) is 6.10 Å². The van der Waals surface area contributed by atoms with E-state index >= 15 is 0 Å². The highest BCUT2D eigenvalue weighted by atomic mass is 16.6. The van der Waals surface area contributed by atoms with Crippen LogP contribution in [0.1, 0.15) is 303 Å². The van der Waals surface area contributed by atoms with E-state index in [9.17, 15) is 14.4 Å². The van der Waals surface area contributed by atoms with Crippen molar-refractivity contribution < 1.29 is 28.6 Å². The molecule has 0 bridgehead atoms. The Labute approximate surface area is 488 Å². The maximum atomic E-state index is 12.9. The van der Waals surface area contributed by atoms with Crippen LogP contribution in [0.3, 0.4) is 0 Å². The topological polar surface area (TPSA) is 78.9 Å². The maximum Gasteiger partial charge on any atom is 0.306 e. The predicted octanol–water partition coefficient (Wildman–Crippen LogP) is 22.8. The first-order valence-electron chi connectivity index (χ1n) is 33.0. The molecular weight excluding hydrogens is 973 g/mol. The van der Waals surface area contributed by atoms with E-state index in [4.69, 9.17) is 14.2 Å². The van der Waals surface area contributed by atoms with Gasteiger partial charge in [-0.25, -0.2) is 0 Å². The van der Waals surface area contributed by atoms with E-state index in [1.54, 1.807) is 0 Å². The number of esters is 3. The highest BCUT2D eigenvalue weighted by Gasteiger charge is 2.19. The van der Waals surface area contributed by atoms with E-state index < -0.39 is 6.10 Å². The third-order valence-electron chi connectivity index (χ3n) is 14.0. The van der Waals surface area contributed by atoms with Crippen LogP contribution in [0.15, 0.2) is 122 Å². The number of allylic oxidation sites excluding steroid dienone is 20. The van der Waals surface area contributed by atoms with Gasteiger partial charge < -0.3 is 14.2 Å². The van der Waals surface area contributed by atoms with E-state index in [1.165, 1.54) is 154 Å². The van der Waals surface area contributed by atoms with Crippen molar-refractivity contribution in [1.82, 2.24) is 0 Å². The molecule has 1 unspecified atom stereocenters. The molecule has 6 nitrogen and oxygen atoms in total. The highest BCUT2D eigenvalue weighted by molar-refractivity contribution is 5.71. The maximum absolute atomic E-state index is 12.9. The molecule has 0 aromatic heterocycles. The molecule has 1 atom stereocenters. The van der Waals surface area contributed by atoms with Gasteiger partial charge in [0, 0.05) is 19.3 Å². The monoisotopic (exact) mass is 1090 g/mol. The van der Waals surface area contributed by atoms with Crippen LogP contribution in [0.2, 0.25) is 0 Å². The summed E-state index contributed by atoms with van der Waals surface area (Å²) >= 11 is 0. The molecule has 0 aliphatic carbocycles. The van der Waals surface area contributed by atoms with Gasteiger partial charge >= 0.3 is 17.9 Å². The van der Waals surface area contributed by atoms with Crippen molar-refractivity contribution in [3.8, 4) is 0 Å². The molecule has 0 heterocycles. The van der Waals surface area contributed by atoms with Crippen LogP contribution in [-0.4, -0.2) is 37.2 Å². The van der Waals surface area contributed by atoms with Gasteiger partial charge in [0.2, 0.25) is 0 Å². The Morgan fingerprint density at radius 3 is 0.823 bits per heavy atom. The minimum absolute atomic E-state index is 0.106. The second kappa shape index (κ2) is 66.3. The third kappa shape index (κ3) is 64.5. The molecule has 0 rings (SSSR count). The van der Waals surface area contributed by atoms with Crippen LogP contribution in [0.5, 0.6) is 0 Å². The van der Waals surface area contributed by atoms with Crippen LogP contribution in [0.4, 0.5) is 0 Å². The second-order valence-corrected chi connectivity index (χ2v) is 21.6. The fourth-order valence-corrected chi connectivity index (χ4v) is 9.11. The van der Waals surface area contributed by atoms with Gasteiger partial charge in [0.1, 0.15) is 13.2 Å². The lowest BCUT2D eigenvalue weighted by Gasteiger charge is -2.18. The Kier molecular flexibility index (Phi) is 62.8. The van der Waals surface area contributed by atoms with Crippen molar-refractivity contribution in [3.63, 3.8) is 0 Å². The molecule has 0 spiro atoms. The van der Waals surface area contributed by atoms with Gasteiger partial charge in [-0.2, -0.15) is 0 Å². The summed E-state index contributed by atoms with van der Waals surface area (Å²) in [6, 6.07) is 0. The van der Waals surface area contributed by atoms with Crippen LogP contribution < -0.4 is 0 Å². The minimum atomic E-state index is -0.818. The first kappa shape index (κ1) is 74.8. The van der Waals surface area contributed by atoms with Crippen molar-refractivity contribution >= 4 is 17.9 Å². The fourth-order valence-electron chi connectivity index (χ4n) is 9.11. The zero-order valence-corrected chi connectivity index (χ0v) is 51.6. The number of rotatable bonds is 59. The van der Waals surface area contributed by atoms with Crippen molar-refractivity contribution in [2.45, 2.75) is 309 Å². The largest absolute Gasteiger partial charge is 0.462 e. The van der Waals surface area contributed by atoms with Crippen LogP contribution in [-0.2, 0) is 28.6 Å². The van der Waals surface area contributed by atoms with Gasteiger partial charge in [0.05, 0.1) is 0 Å². The Bertz CT molecular complexity index is 1640. The van der Waals surface area contributed by atoms with Gasteiger partial charge in [-0.15, -0.1) is 0 Å². The summed E-state index contributed by atoms with van der Waals surface area (Å²) in [6.07, 6.45) is 92.4. The molecule has 0 aliphatic rings. The second-order valence-electron chi connectivity index (χ2n) is 21.6. The smallest absolute Gasteiger partial charge is 0.306 e. The summed E-state index contributed by atoms with van der Waals surface area (Å²) in [5.41, 5.74) is 0. The summed E-state index contributed by atoms with van der Waals surface area (Å²) in [6.45, 7) is 6.36. The van der Waals surface area contributed by atoms with Crippen LogP contribution in [0.25, 0.3) is 0 Å². The standard InChI is InChI=1S/C73H122O6/c1-4-7-10-13-16-19-22-24-26-28-30-31-32-33-34-35-36-37-38-39-40-41-43-44-46-48-51-54-57-60-63-66-72(75)78-69-70(68-77-71(74)65-62-59-56-53-50-21-18-15-12-9-6-3)79-73(76)67-64-61-58-55-52-49-47-45-42-29-27-25-23-20-17-14-11-8-5-2/h7-8,10-11,16-17,19-20,24-27,30-31,42,45,49,52,58,61,70H,4-6,9,12-15,18,21-23,28-29,32-41,43-44,46-48,50-51,53-57,59-60,62-69H2,1-3H3/b10-7-,11-8-,19-16-,20-17-,26-24-,27-25-,31-30-,45-42-,52-49-,61-58-. The summed E-state index contributed by atoms with van der Waals surface area (Å²) in [4.78, 5) is 38.2. The lowest BCUT2D eigenvalue weighted by Crippen LogP contribution is -2.30. The molecule has 0 saturated carbocycles. The summed E-state index contributed by atoms with van der Waals surface area (Å²) in [7, 11) is 0. The highest BCUT2D eigenvalue weighted by Crippen LogP contribution is 2.17. The SMILES string of the molecule is CC/C=C\C/C=C\C/C=C\C/C=C\C/C=C\C/C=C\CCC(=O)OC(COC(=O)CCCCCCCCCCCCC)COC(=O)CCCCCCCCCCCCCCCCCCCC/C=C\C/C=C\C/C=C\C/C=C\CC. The van der Waals surface area contributed by atoms with E-state index in [1.807, 2.05) is 6.08 Å². The molecule has 0 fully saturated rings. The fraction of sp³-hybridized carbons (Fsp3) is 0.685. The lowest BCUT2D eigenvalue weighted by atomic mass is 10.0. The van der Waals surface area contributed by atoms with Crippen molar-refractivity contribution in [3.05, 3.63) is 122 Å². The zero-order chi connectivity index (χ0) is 57.1. The van der Waals surface area contributed by atoms with Crippen molar-refractivity contribution in [2.24, 2.45) is 0 Å². The molecular formula is C73H122O6. The zero-order valence-electron chi connectivity index (χ0n) is 51.6. The van der Waals surface area contributed by atoms with Gasteiger partial charge in [-0.3, -0.25) is 14.4 Å². The normalized spacial score (nSPS) is 12.9. The molecule has 0 radical (unpaired) electrons. The summed E-state index contributed by atoms with van der Waals surface area (Å²) in [5, 5.41) is 0. The quantitative estimate of drug-likeness (QED) is 0.0261. The molecule has 0 amide bonds.